The molecule has 0 saturated heterocycles. The van der Waals surface area contributed by atoms with E-state index in [0.29, 0.717) is 0 Å². The zero-order chi connectivity index (χ0) is 8.15. The van der Waals surface area contributed by atoms with Crippen LogP contribution < -0.4 is 0 Å². The molecule has 1 amide bonds. The molecule has 0 aromatic heterocycles. The molecule has 0 N–H and O–H groups in total. The van der Waals surface area contributed by atoms with Gasteiger partial charge in [-0.1, -0.05) is 0 Å². The molecule has 0 aliphatic carbocycles. The lowest BCUT2D eigenvalue weighted by molar-refractivity contribution is -0.125. The van der Waals surface area contributed by atoms with E-state index in [-0.39, 0.29) is 11.7 Å². The number of ketones is 1. The number of hydrogen-bond donors (Lipinski definition) is 0. The second-order valence-electron chi connectivity index (χ2n) is 2.06. The predicted molar refractivity (Wildman–Crippen MR) is 38.3 cm³/mol. The molecule has 10 heavy (non-hydrogen) atoms. The van der Waals surface area contributed by atoms with E-state index in [1.807, 2.05) is 0 Å². The van der Waals surface area contributed by atoms with Gasteiger partial charge >= 0.3 is 0 Å². The third-order valence-electron chi connectivity index (χ3n) is 1.03. The largest absolute Gasteiger partial charge is 0.322 e. The first-order valence-electron chi connectivity index (χ1n) is 2.96. The van der Waals surface area contributed by atoms with Gasteiger partial charge in [-0.2, -0.15) is 0 Å². The van der Waals surface area contributed by atoms with Crippen molar-refractivity contribution in [3.05, 3.63) is 12.3 Å². The van der Waals surface area contributed by atoms with Crippen LogP contribution in [0.2, 0.25) is 0 Å². The molecule has 0 radical (unpaired) electrons. The van der Waals surface area contributed by atoms with E-state index >= 15 is 0 Å². The Morgan fingerprint density at radius 1 is 1.30 bits per heavy atom. The van der Waals surface area contributed by atoms with Gasteiger partial charge in [-0.05, 0) is 13.0 Å². The predicted octanol–water partition coefficient (Wildman–Crippen LogP) is 0.567. The molecule has 0 saturated carbocycles. The van der Waals surface area contributed by atoms with Crippen molar-refractivity contribution in [3.63, 3.8) is 0 Å². The van der Waals surface area contributed by atoms with Crippen LogP contribution in [0.15, 0.2) is 12.3 Å². The topological polar surface area (TPSA) is 37.4 Å². The summed E-state index contributed by atoms with van der Waals surface area (Å²) in [6.07, 6.45) is 2.80. The first kappa shape index (κ1) is 8.88. The number of amides is 1. The lowest BCUT2D eigenvalue weighted by Gasteiger charge is -2.05. The molecular weight excluding hydrogens is 130 g/mol. The summed E-state index contributed by atoms with van der Waals surface area (Å²) in [5.41, 5.74) is 0. The minimum absolute atomic E-state index is 0.0619. The number of hydrogen-bond acceptors (Lipinski definition) is 2. The summed E-state index contributed by atoms with van der Waals surface area (Å²) in [5.74, 6) is -0.148. The summed E-state index contributed by atoms with van der Waals surface area (Å²) < 4.78 is 0. The molecule has 0 fully saturated rings. The fourth-order valence-corrected chi connectivity index (χ4v) is 0.322. The highest BCUT2D eigenvalue weighted by Gasteiger charge is 1.94. The van der Waals surface area contributed by atoms with Gasteiger partial charge in [0.25, 0.3) is 0 Å². The van der Waals surface area contributed by atoms with Crippen LogP contribution in [-0.2, 0) is 9.59 Å². The van der Waals surface area contributed by atoms with Crippen molar-refractivity contribution >= 4 is 11.7 Å². The van der Waals surface area contributed by atoms with Gasteiger partial charge in [0.15, 0.2) is 5.78 Å². The highest BCUT2D eigenvalue weighted by Crippen LogP contribution is 1.84. The average molecular weight is 141 g/mol. The van der Waals surface area contributed by atoms with Gasteiger partial charge in [0.05, 0.1) is 0 Å². The van der Waals surface area contributed by atoms with Crippen molar-refractivity contribution < 1.29 is 9.59 Å². The molecule has 3 heteroatoms. The van der Waals surface area contributed by atoms with Gasteiger partial charge in [-0.3, -0.25) is 9.59 Å². The van der Waals surface area contributed by atoms with Crippen LogP contribution in [0.25, 0.3) is 0 Å². The first-order valence-corrected chi connectivity index (χ1v) is 2.96. The Morgan fingerprint density at radius 3 is 2.10 bits per heavy atom. The second-order valence-corrected chi connectivity index (χ2v) is 2.06. The van der Waals surface area contributed by atoms with Crippen LogP contribution in [0.5, 0.6) is 0 Å². The van der Waals surface area contributed by atoms with Crippen molar-refractivity contribution in [1.29, 1.82) is 0 Å². The van der Waals surface area contributed by atoms with E-state index in [0.717, 1.165) is 0 Å². The van der Waals surface area contributed by atoms with E-state index in [4.69, 9.17) is 0 Å². The fourth-order valence-electron chi connectivity index (χ4n) is 0.322. The normalized spacial score (nSPS) is 9.90. The Hall–Kier alpha value is -1.12. The van der Waals surface area contributed by atoms with Crippen LogP contribution in [0.3, 0.4) is 0 Å². The number of carbonyl (C=O) groups is 2. The lowest BCUT2D eigenvalue weighted by Crippen LogP contribution is -2.16. The minimum atomic E-state index is -0.0856. The smallest absolute Gasteiger partial charge is 0.223 e. The van der Waals surface area contributed by atoms with Crippen LogP contribution in [-0.4, -0.2) is 23.6 Å². The summed E-state index contributed by atoms with van der Waals surface area (Å²) >= 11 is 0. The molecule has 0 aromatic carbocycles. The third kappa shape index (κ3) is 3.83. The number of nitrogens with zero attached hydrogens (tertiary/aromatic N) is 1. The number of rotatable bonds is 2. The van der Waals surface area contributed by atoms with E-state index < -0.39 is 0 Å². The summed E-state index contributed by atoms with van der Waals surface area (Å²) in [7, 11) is 1.60. The van der Waals surface area contributed by atoms with Gasteiger partial charge in [-0.25, -0.2) is 0 Å². The summed E-state index contributed by atoms with van der Waals surface area (Å²) in [4.78, 5) is 22.2. The third-order valence-corrected chi connectivity index (χ3v) is 1.03. The van der Waals surface area contributed by atoms with E-state index in [1.165, 1.54) is 31.0 Å². The Labute approximate surface area is 60.3 Å². The lowest BCUT2D eigenvalue weighted by atomic mass is 10.4. The molecule has 0 heterocycles. The van der Waals surface area contributed by atoms with Gasteiger partial charge in [-0.15, -0.1) is 0 Å². The quantitative estimate of drug-likeness (QED) is 0.527. The van der Waals surface area contributed by atoms with Crippen molar-refractivity contribution in [1.82, 2.24) is 4.90 Å². The van der Waals surface area contributed by atoms with Crippen molar-refractivity contribution in [2.45, 2.75) is 13.8 Å². The van der Waals surface area contributed by atoms with Crippen LogP contribution in [0.4, 0.5) is 0 Å². The standard InChI is InChI=1S/C7H11NO2/c1-6(9)4-5-8(3)7(2)10/h4-5H,1-3H3. The molecule has 0 rings (SSSR count). The van der Waals surface area contributed by atoms with Gasteiger partial charge in [0.2, 0.25) is 5.91 Å². The Balaban J connectivity index is 3.89. The molecule has 0 unspecified atom stereocenters. The Morgan fingerprint density at radius 2 is 1.80 bits per heavy atom. The molecule has 56 valence electrons. The maximum atomic E-state index is 10.5. The van der Waals surface area contributed by atoms with Crippen molar-refractivity contribution in [3.8, 4) is 0 Å². The summed E-state index contributed by atoms with van der Waals surface area (Å²) in [5, 5.41) is 0. The van der Waals surface area contributed by atoms with Gasteiger partial charge < -0.3 is 4.90 Å². The monoisotopic (exact) mass is 141 g/mol. The Kier molecular flexibility index (Phi) is 3.39. The van der Waals surface area contributed by atoms with Gasteiger partial charge in [0, 0.05) is 20.2 Å². The Bertz CT molecular complexity index is 172. The van der Waals surface area contributed by atoms with Crippen molar-refractivity contribution in [2.75, 3.05) is 7.05 Å². The highest BCUT2D eigenvalue weighted by molar-refractivity contribution is 5.87. The first-order chi connectivity index (χ1) is 4.54. The van der Waals surface area contributed by atoms with E-state index in [9.17, 15) is 9.59 Å². The zero-order valence-electron chi connectivity index (χ0n) is 6.42. The van der Waals surface area contributed by atoms with E-state index in [1.54, 1.807) is 7.05 Å². The molecule has 0 aromatic rings. The SMILES string of the molecule is CC(=O)C=CN(C)C(C)=O. The molecule has 0 bridgehead atoms. The zero-order valence-corrected chi connectivity index (χ0v) is 6.42. The second kappa shape index (κ2) is 3.82. The van der Waals surface area contributed by atoms with Gasteiger partial charge in [0.1, 0.15) is 0 Å². The van der Waals surface area contributed by atoms with E-state index in [2.05, 4.69) is 0 Å². The summed E-state index contributed by atoms with van der Waals surface area (Å²) in [6, 6.07) is 0. The molecule has 0 aliphatic heterocycles. The molecule has 0 atom stereocenters. The number of allylic oxidation sites excluding steroid dienone is 1. The molecule has 3 nitrogen and oxygen atoms in total. The van der Waals surface area contributed by atoms with Crippen LogP contribution in [0.1, 0.15) is 13.8 Å². The highest BCUT2D eigenvalue weighted by atomic mass is 16.2. The molecule has 0 spiro atoms. The fraction of sp³-hybridized carbons (Fsp3) is 0.429. The van der Waals surface area contributed by atoms with Crippen molar-refractivity contribution in [2.24, 2.45) is 0 Å². The average Bonchev–Trinajstić information content (AvgIpc) is 1.82. The van der Waals surface area contributed by atoms with Crippen LogP contribution in [0, 0.1) is 0 Å². The number of carbonyl (C=O) groups excluding carboxylic acids is 2. The van der Waals surface area contributed by atoms with Crippen LogP contribution >= 0.6 is 0 Å². The summed E-state index contributed by atoms with van der Waals surface area (Å²) in [6.45, 7) is 2.87. The molecule has 0 aliphatic rings. The molecular formula is C7H11NO2. The maximum absolute atomic E-state index is 10.5. The maximum Gasteiger partial charge on any atom is 0.223 e. The minimum Gasteiger partial charge on any atom is -0.322 e.